The fourth-order valence-electron chi connectivity index (χ4n) is 1.23. The monoisotopic (exact) mass is 318 g/mol. The molecular weight excluding hydrogens is 310 g/mol. The van der Waals surface area contributed by atoms with Crippen molar-refractivity contribution in [2.45, 2.75) is 25.1 Å². The summed E-state index contributed by atoms with van der Waals surface area (Å²) in [5, 5.41) is 9.94. The lowest BCUT2D eigenvalue weighted by Gasteiger charge is -2.22. The fourth-order valence-corrected chi connectivity index (χ4v) is 1.98. The van der Waals surface area contributed by atoms with Gasteiger partial charge in [-0.3, -0.25) is 0 Å². The Morgan fingerprint density at radius 2 is 1.80 bits per heavy atom. The standard InChI is InChI=1S/C11H8F6O2S/c12-10(13,14)9(11(15,16)17)19-6-8-7(2-1-4-18)3-5-20-8/h3,5,9,18H,4,6H2. The van der Waals surface area contributed by atoms with E-state index in [-0.39, 0.29) is 10.4 Å². The zero-order valence-corrected chi connectivity index (χ0v) is 10.5. The van der Waals surface area contributed by atoms with Crippen LogP contribution in [0.2, 0.25) is 0 Å². The summed E-state index contributed by atoms with van der Waals surface area (Å²) in [6.45, 7) is -1.33. The largest absolute Gasteiger partial charge is 0.423 e. The van der Waals surface area contributed by atoms with E-state index >= 15 is 0 Å². The molecule has 0 aromatic carbocycles. The van der Waals surface area contributed by atoms with E-state index in [2.05, 4.69) is 16.6 Å². The molecule has 0 unspecified atom stereocenters. The number of halogens is 6. The topological polar surface area (TPSA) is 29.5 Å². The Labute approximate surface area is 114 Å². The number of aliphatic hydroxyl groups excluding tert-OH is 1. The molecule has 2 nitrogen and oxygen atoms in total. The van der Waals surface area contributed by atoms with Gasteiger partial charge in [0, 0.05) is 10.4 Å². The van der Waals surface area contributed by atoms with Crippen molar-refractivity contribution in [1.29, 1.82) is 0 Å². The molecule has 0 aliphatic rings. The van der Waals surface area contributed by atoms with Crippen molar-refractivity contribution in [1.82, 2.24) is 0 Å². The van der Waals surface area contributed by atoms with Gasteiger partial charge in [-0.2, -0.15) is 26.3 Å². The summed E-state index contributed by atoms with van der Waals surface area (Å²) in [5.74, 6) is 4.66. The Hall–Kier alpha value is -1.24. The molecule has 0 aliphatic heterocycles. The number of hydrogen-bond donors (Lipinski definition) is 1. The van der Waals surface area contributed by atoms with Gasteiger partial charge >= 0.3 is 12.4 Å². The van der Waals surface area contributed by atoms with Crippen molar-refractivity contribution in [2.75, 3.05) is 6.61 Å². The molecule has 1 aromatic heterocycles. The van der Waals surface area contributed by atoms with Crippen LogP contribution in [0.1, 0.15) is 10.4 Å². The number of aliphatic hydroxyl groups is 1. The maximum Gasteiger partial charge on any atom is 0.423 e. The fraction of sp³-hybridized carbons (Fsp3) is 0.455. The Balaban J connectivity index is 2.82. The van der Waals surface area contributed by atoms with Gasteiger partial charge in [-0.15, -0.1) is 11.3 Å². The molecule has 0 bridgehead atoms. The molecule has 0 amide bonds. The van der Waals surface area contributed by atoms with Gasteiger partial charge in [-0.1, -0.05) is 11.8 Å². The van der Waals surface area contributed by atoms with Crippen molar-refractivity contribution >= 4 is 11.3 Å². The predicted molar refractivity (Wildman–Crippen MR) is 59.0 cm³/mol. The molecule has 20 heavy (non-hydrogen) atoms. The highest BCUT2D eigenvalue weighted by atomic mass is 32.1. The molecule has 1 aromatic rings. The first-order chi connectivity index (χ1) is 9.16. The highest BCUT2D eigenvalue weighted by Crippen LogP contribution is 2.36. The maximum atomic E-state index is 12.2. The van der Waals surface area contributed by atoms with E-state index in [0.717, 1.165) is 11.3 Å². The van der Waals surface area contributed by atoms with Crippen molar-refractivity contribution in [2.24, 2.45) is 0 Å². The second kappa shape index (κ2) is 6.47. The lowest BCUT2D eigenvalue weighted by Crippen LogP contribution is -2.44. The summed E-state index contributed by atoms with van der Waals surface area (Å²) in [5.41, 5.74) is 0.229. The van der Waals surface area contributed by atoms with Crippen molar-refractivity contribution in [3.05, 3.63) is 21.9 Å². The van der Waals surface area contributed by atoms with Crippen molar-refractivity contribution in [3.8, 4) is 11.8 Å². The summed E-state index contributed by atoms with van der Waals surface area (Å²) in [6, 6.07) is 1.42. The van der Waals surface area contributed by atoms with Crippen LogP contribution in [0.5, 0.6) is 0 Å². The summed E-state index contributed by atoms with van der Waals surface area (Å²) >= 11 is 0.919. The van der Waals surface area contributed by atoms with Crippen LogP contribution < -0.4 is 0 Å². The van der Waals surface area contributed by atoms with Crippen LogP contribution in [0.25, 0.3) is 0 Å². The highest BCUT2D eigenvalue weighted by Gasteiger charge is 2.58. The predicted octanol–water partition coefficient (Wildman–Crippen LogP) is 3.10. The van der Waals surface area contributed by atoms with Crippen LogP contribution in [0, 0.1) is 11.8 Å². The van der Waals surface area contributed by atoms with Gasteiger partial charge in [0.05, 0.1) is 6.61 Å². The summed E-state index contributed by atoms with van der Waals surface area (Å²) in [4.78, 5) is 0.129. The van der Waals surface area contributed by atoms with Gasteiger partial charge in [0.15, 0.2) is 0 Å². The van der Waals surface area contributed by atoms with Crippen LogP contribution in [0.4, 0.5) is 26.3 Å². The van der Waals surface area contributed by atoms with E-state index < -0.39 is 31.7 Å². The number of hydrogen-bond acceptors (Lipinski definition) is 3. The number of rotatable bonds is 3. The Kier molecular flexibility index (Phi) is 5.44. The normalized spacial score (nSPS) is 12.4. The van der Waals surface area contributed by atoms with Crippen LogP contribution >= 0.6 is 11.3 Å². The maximum absolute atomic E-state index is 12.2. The van der Waals surface area contributed by atoms with Crippen LogP contribution in [0.3, 0.4) is 0 Å². The Morgan fingerprint density at radius 1 is 1.20 bits per heavy atom. The molecular formula is C11H8F6O2S. The first-order valence-electron chi connectivity index (χ1n) is 5.07. The third-order valence-electron chi connectivity index (χ3n) is 2.02. The summed E-state index contributed by atoms with van der Waals surface area (Å²) in [6.07, 6.45) is -14.9. The zero-order chi connectivity index (χ0) is 15.4. The highest BCUT2D eigenvalue weighted by molar-refractivity contribution is 7.10. The van der Waals surface area contributed by atoms with Crippen LogP contribution in [-0.4, -0.2) is 30.2 Å². The van der Waals surface area contributed by atoms with E-state index in [9.17, 15) is 26.3 Å². The Morgan fingerprint density at radius 3 is 2.30 bits per heavy atom. The lowest BCUT2D eigenvalue weighted by molar-refractivity contribution is -0.324. The summed E-state index contributed by atoms with van der Waals surface area (Å²) < 4.78 is 77.4. The van der Waals surface area contributed by atoms with E-state index in [1.54, 1.807) is 0 Å². The van der Waals surface area contributed by atoms with E-state index in [4.69, 9.17) is 5.11 Å². The zero-order valence-electron chi connectivity index (χ0n) is 9.68. The number of ether oxygens (including phenoxy) is 1. The second-order valence-corrected chi connectivity index (χ2v) is 4.49. The number of thiophene rings is 1. The molecule has 0 saturated carbocycles. The van der Waals surface area contributed by atoms with Crippen molar-refractivity contribution < 1.29 is 36.2 Å². The average molecular weight is 318 g/mol. The van der Waals surface area contributed by atoms with Crippen molar-refractivity contribution in [3.63, 3.8) is 0 Å². The molecule has 9 heteroatoms. The van der Waals surface area contributed by atoms with Crippen LogP contribution in [0.15, 0.2) is 11.4 Å². The SMILES string of the molecule is OCC#Cc1ccsc1COC(C(F)(F)F)C(F)(F)F. The molecule has 0 spiro atoms. The molecule has 1 rings (SSSR count). The smallest absolute Gasteiger partial charge is 0.384 e. The average Bonchev–Trinajstić information content (AvgIpc) is 2.70. The molecule has 0 aliphatic carbocycles. The van der Waals surface area contributed by atoms with E-state index in [0.29, 0.717) is 0 Å². The molecule has 0 fully saturated rings. The minimum Gasteiger partial charge on any atom is -0.384 e. The molecule has 112 valence electrons. The number of alkyl halides is 6. The van der Waals surface area contributed by atoms with Gasteiger partial charge in [-0.05, 0) is 11.4 Å². The van der Waals surface area contributed by atoms with Gasteiger partial charge < -0.3 is 9.84 Å². The molecule has 0 radical (unpaired) electrons. The quantitative estimate of drug-likeness (QED) is 0.685. The van der Waals surface area contributed by atoms with Crippen LogP contribution in [-0.2, 0) is 11.3 Å². The molecule has 0 atom stereocenters. The van der Waals surface area contributed by atoms with E-state index in [1.807, 2.05) is 0 Å². The third kappa shape index (κ3) is 4.70. The van der Waals surface area contributed by atoms with Gasteiger partial charge in [0.2, 0.25) is 6.10 Å². The minimum atomic E-state index is -5.54. The lowest BCUT2D eigenvalue weighted by atomic mass is 10.2. The first kappa shape index (κ1) is 16.8. The van der Waals surface area contributed by atoms with Gasteiger partial charge in [0.25, 0.3) is 0 Å². The van der Waals surface area contributed by atoms with Gasteiger partial charge in [-0.25, -0.2) is 0 Å². The Bertz CT molecular complexity index is 479. The van der Waals surface area contributed by atoms with E-state index in [1.165, 1.54) is 11.4 Å². The van der Waals surface area contributed by atoms with Gasteiger partial charge in [0.1, 0.15) is 6.61 Å². The third-order valence-corrected chi connectivity index (χ3v) is 2.92. The second-order valence-electron chi connectivity index (χ2n) is 3.49. The minimum absolute atomic E-state index is 0.129. The first-order valence-corrected chi connectivity index (χ1v) is 5.95. The molecule has 1 heterocycles. The molecule has 1 N–H and O–H groups in total. The summed E-state index contributed by atoms with van der Waals surface area (Å²) in [7, 11) is 0. The molecule has 0 saturated heterocycles.